The maximum atomic E-state index is 5.41. The van der Waals surface area contributed by atoms with Gasteiger partial charge in [-0.15, -0.1) is 0 Å². The summed E-state index contributed by atoms with van der Waals surface area (Å²) in [5.41, 5.74) is 4.32. The minimum Gasteiger partial charge on any atom is -0.378 e. The van der Waals surface area contributed by atoms with E-state index in [1.54, 1.807) is 0 Å². The Morgan fingerprint density at radius 2 is 1.71 bits per heavy atom. The van der Waals surface area contributed by atoms with E-state index in [1.807, 2.05) is 0 Å². The Balaban J connectivity index is 2.31. The van der Waals surface area contributed by atoms with Crippen molar-refractivity contribution in [2.45, 2.75) is 33.1 Å². The van der Waals surface area contributed by atoms with E-state index in [2.05, 4.69) is 50.8 Å². The van der Waals surface area contributed by atoms with E-state index < -0.39 is 0 Å². The van der Waals surface area contributed by atoms with Gasteiger partial charge >= 0.3 is 0 Å². The number of aryl methyl sites for hydroxylation is 1. The summed E-state index contributed by atoms with van der Waals surface area (Å²) in [6.07, 6.45) is 0. The standard InChI is InChI=1S/C15H23NO/c1-12-9-13(15(2,3)4)11-14(10-12)16-5-7-17-8-6-16/h9-11H,5-8H2,1-4H3. The van der Waals surface area contributed by atoms with Gasteiger partial charge in [0.2, 0.25) is 0 Å². The Hall–Kier alpha value is -1.02. The molecule has 0 aromatic heterocycles. The molecule has 0 atom stereocenters. The molecule has 0 radical (unpaired) electrons. The van der Waals surface area contributed by atoms with E-state index in [1.165, 1.54) is 16.8 Å². The lowest BCUT2D eigenvalue weighted by Crippen LogP contribution is -2.36. The summed E-state index contributed by atoms with van der Waals surface area (Å²) in [5, 5.41) is 0. The number of ether oxygens (including phenoxy) is 1. The van der Waals surface area contributed by atoms with Crippen molar-refractivity contribution in [2.75, 3.05) is 31.2 Å². The molecule has 0 N–H and O–H groups in total. The molecular formula is C15H23NO. The summed E-state index contributed by atoms with van der Waals surface area (Å²) in [5.74, 6) is 0. The molecule has 1 aromatic rings. The van der Waals surface area contributed by atoms with E-state index in [0.717, 1.165) is 26.3 Å². The van der Waals surface area contributed by atoms with Gasteiger partial charge in [0.15, 0.2) is 0 Å². The van der Waals surface area contributed by atoms with E-state index in [4.69, 9.17) is 4.74 Å². The Morgan fingerprint density at radius 1 is 1.06 bits per heavy atom. The van der Waals surface area contributed by atoms with Crippen LogP contribution in [0.2, 0.25) is 0 Å². The SMILES string of the molecule is Cc1cc(N2CCOCC2)cc(C(C)(C)C)c1. The van der Waals surface area contributed by atoms with Gasteiger partial charge < -0.3 is 9.64 Å². The molecule has 2 heteroatoms. The average molecular weight is 233 g/mol. The zero-order valence-corrected chi connectivity index (χ0v) is 11.4. The van der Waals surface area contributed by atoms with Crippen LogP contribution in [0.3, 0.4) is 0 Å². The van der Waals surface area contributed by atoms with Crippen molar-refractivity contribution in [2.24, 2.45) is 0 Å². The van der Waals surface area contributed by atoms with Gasteiger partial charge in [0.05, 0.1) is 13.2 Å². The first-order chi connectivity index (χ1) is 7.97. The molecule has 0 saturated carbocycles. The van der Waals surface area contributed by atoms with Crippen molar-refractivity contribution < 1.29 is 4.74 Å². The molecule has 1 saturated heterocycles. The van der Waals surface area contributed by atoms with Crippen LogP contribution < -0.4 is 4.90 Å². The van der Waals surface area contributed by atoms with Crippen molar-refractivity contribution in [3.05, 3.63) is 29.3 Å². The molecule has 2 nitrogen and oxygen atoms in total. The molecule has 0 unspecified atom stereocenters. The number of anilines is 1. The highest BCUT2D eigenvalue weighted by Crippen LogP contribution is 2.28. The Labute approximate surface area is 105 Å². The number of hydrogen-bond donors (Lipinski definition) is 0. The fourth-order valence-corrected chi connectivity index (χ4v) is 2.20. The summed E-state index contributed by atoms with van der Waals surface area (Å²) in [6, 6.07) is 6.91. The van der Waals surface area contributed by atoms with Crippen LogP contribution >= 0.6 is 0 Å². The molecule has 1 aliphatic heterocycles. The number of nitrogens with zero attached hydrogens (tertiary/aromatic N) is 1. The smallest absolute Gasteiger partial charge is 0.0642 e. The number of rotatable bonds is 1. The van der Waals surface area contributed by atoms with Crippen LogP contribution in [0.15, 0.2) is 18.2 Å². The second-order valence-electron chi connectivity index (χ2n) is 5.91. The van der Waals surface area contributed by atoms with Crippen LogP contribution in [0.5, 0.6) is 0 Å². The zero-order chi connectivity index (χ0) is 12.5. The minimum absolute atomic E-state index is 0.215. The Kier molecular flexibility index (Phi) is 3.43. The monoisotopic (exact) mass is 233 g/mol. The first-order valence-corrected chi connectivity index (χ1v) is 6.42. The van der Waals surface area contributed by atoms with Crippen LogP contribution in [-0.2, 0) is 10.2 Å². The van der Waals surface area contributed by atoms with Crippen molar-refractivity contribution in [1.29, 1.82) is 0 Å². The average Bonchev–Trinajstić information content (AvgIpc) is 2.28. The number of hydrogen-bond acceptors (Lipinski definition) is 2. The zero-order valence-electron chi connectivity index (χ0n) is 11.4. The summed E-state index contributed by atoms with van der Waals surface area (Å²) in [6.45, 7) is 12.7. The van der Waals surface area contributed by atoms with Crippen LogP contribution in [0.1, 0.15) is 31.9 Å². The van der Waals surface area contributed by atoms with Crippen molar-refractivity contribution in [3.63, 3.8) is 0 Å². The summed E-state index contributed by atoms with van der Waals surface area (Å²) < 4.78 is 5.41. The molecule has 1 aromatic carbocycles. The molecule has 0 amide bonds. The quantitative estimate of drug-likeness (QED) is 0.739. The predicted molar refractivity (Wildman–Crippen MR) is 72.9 cm³/mol. The Bertz CT molecular complexity index is 386. The molecule has 1 aliphatic rings. The third-order valence-electron chi connectivity index (χ3n) is 3.30. The lowest BCUT2D eigenvalue weighted by Gasteiger charge is -2.31. The molecule has 1 fully saturated rings. The van der Waals surface area contributed by atoms with Crippen molar-refractivity contribution in [3.8, 4) is 0 Å². The number of benzene rings is 1. The third-order valence-corrected chi connectivity index (χ3v) is 3.30. The van der Waals surface area contributed by atoms with Crippen molar-refractivity contribution in [1.82, 2.24) is 0 Å². The highest BCUT2D eigenvalue weighted by molar-refractivity contribution is 5.52. The summed E-state index contributed by atoms with van der Waals surface area (Å²) >= 11 is 0. The van der Waals surface area contributed by atoms with Crippen LogP contribution in [-0.4, -0.2) is 26.3 Å². The maximum Gasteiger partial charge on any atom is 0.0642 e. The van der Waals surface area contributed by atoms with Crippen LogP contribution in [0.4, 0.5) is 5.69 Å². The minimum atomic E-state index is 0.215. The fourth-order valence-electron chi connectivity index (χ4n) is 2.20. The van der Waals surface area contributed by atoms with E-state index >= 15 is 0 Å². The second kappa shape index (κ2) is 4.69. The molecule has 17 heavy (non-hydrogen) atoms. The molecule has 0 aliphatic carbocycles. The van der Waals surface area contributed by atoms with Gasteiger partial charge in [-0.3, -0.25) is 0 Å². The highest BCUT2D eigenvalue weighted by Gasteiger charge is 2.17. The van der Waals surface area contributed by atoms with E-state index in [9.17, 15) is 0 Å². The summed E-state index contributed by atoms with van der Waals surface area (Å²) in [7, 11) is 0. The van der Waals surface area contributed by atoms with Gasteiger partial charge in [-0.25, -0.2) is 0 Å². The first-order valence-electron chi connectivity index (χ1n) is 6.42. The van der Waals surface area contributed by atoms with Gasteiger partial charge in [-0.1, -0.05) is 26.8 Å². The van der Waals surface area contributed by atoms with Crippen LogP contribution in [0.25, 0.3) is 0 Å². The van der Waals surface area contributed by atoms with Crippen LogP contribution in [0, 0.1) is 6.92 Å². The predicted octanol–water partition coefficient (Wildman–Crippen LogP) is 3.13. The lowest BCUT2D eigenvalue weighted by molar-refractivity contribution is 0.122. The van der Waals surface area contributed by atoms with E-state index in [-0.39, 0.29) is 5.41 Å². The van der Waals surface area contributed by atoms with Gasteiger partial charge in [-0.2, -0.15) is 0 Å². The number of morpholine rings is 1. The lowest BCUT2D eigenvalue weighted by atomic mass is 9.86. The topological polar surface area (TPSA) is 12.5 Å². The molecule has 2 rings (SSSR count). The Morgan fingerprint density at radius 3 is 2.29 bits per heavy atom. The van der Waals surface area contributed by atoms with E-state index in [0.29, 0.717) is 0 Å². The molecule has 1 heterocycles. The molecule has 0 spiro atoms. The van der Waals surface area contributed by atoms with Gasteiger partial charge in [-0.05, 0) is 35.6 Å². The third kappa shape index (κ3) is 3.01. The normalized spacial score (nSPS) is 17.3. The molecular weight excluding hydrogens is 210 g/mol. The second-order valence-corrected chi connectivity index (χ2v) is 5.91. The molecule has 94 valence electrons. The maximum absolute atomic E-state index is 5.41. The fraction of sp³-hybridized carbons (Fsp3) is 0.600. The van der Waals surface area contributed by atoms with Crippen molar-refractivity contribution >= 4 is 5.69 Å². The highest BCUT2D eigenvalue weighted by atomic mass is 16.5. The van der Waals surface area contributed by atoms with Gasteiger partial charge in [0, 0.05) is 18.8 Å². The summed E-state index contributed by atoms with van der Waals surface area (Å²) in [4.78, 5) is 2.42. The first kappa shape index (κ1) is 12.4. The largest absolute Gasteiger partial charge is 0.378 e. The van der Waals surface area contributed by atoms with Gasteiger partial charge in [0.25, 0.3) is 0 Å². The molecule has 0 bridgehead atoms. The van der Waals surface area contributed by atoms with Gasteiger partial charge in [0.1, 0.15) is 0 Å².